The van der Waals surface area contributed by atoms with E-state index in [2.05, 4.69) is 22.2 Å². The molecular formula is C15H25N3O2. The molecule has 0 saturated heterocycles. The molecule has 0 amide bonds. The van der Waals surface area contributed by atoms with E-state index in [9.17, 15) is 5.11 Å². The molecule has 5 nitrogen and oxygen atoms in total. The molecule has 5 heteroatoms. The summed E-state index contributed by atoms with van der Waals surface area (Å²) in [5, 5.41) is 13.5. The SMILES string of the molecule is CC(C)Oc1cncc(NCC2(C)CCCCC2O)n1. The first kappa shape index (κ1) is 15.0. The maximum absolute atomic E-state index is 10.2. The van der Waals surface area contributed by atoms with Crippen molar-refractivity contribution in [3.8, 4) is 5.88 Å². The van der Waals surface area contributed by atoms with Crippen LogP contribution in [0.15, 0.2) is 12.4 Å². The van der Waals surface area contributed by atoms with E-state index in [0.29, 0.717) is 18.2 Å². The van der Waals surface area contributed by atoms with Crippen LogP contribution < -0.4 is 10.1 Å². The Hall–Kier alpha value is -1.36. The van der Waals surface area contributed by atoms with Crippen molar-refractivity contribution in [2.45, 2.75) is 58.7 Å². The van der Waals surface area contributed by atoms with Gasteiger partial charge in [0.1, 0.15) is 5.82 Å². The molecule has 2 unspecified atom stereocenters. The van der Waals surface area contributed by atoms with E-state index in [0.717, 1.165) is 19.3 Å². The van der Waals surface area contributed by atoms with Crippen molar-refractivity contribution in [2.24, 2.45) is 5.41 Å². The average Bonchev–Trinajstić information content (AvgIpc) is 2.40. The molecule has 1 aromatic rings. The molecule has 1 aliphatic carbocycles. The van der Waals surface area contributed by atoms with Crippen molar-refractivity contribution < 1.29 is 9.84 Å². The van der Waals surface area contributed by atoms with Gasteiger partial charge in [-0.25, -0.2) is 0 Å². The van der Waals surface area contributed by atoms with Gasteiger partial charge in [0.25, 0.3) is 0 Å². The van der Waals surface area contributed by atoms with Gasteiger partial charge >= 0.3 is 0 Å². The number of aromatic nitrogens is 2. The standard InChI is InChI=1S/C15H25N3O2/c1-11(2)20-14-9-16-8-13(18-14)17-10-15(3)7-5-4-6-12(15)19/h8-9,11-12,19H,4-7,10H2,1-3H3,(H,17,18). The minimum Gasteiger partial charge on any atom is -0.474 e. The summed E-state index contributed by atoms with van der Waals surface area (Å²) in [6, 6.07) is 0. The van der Waals surface area contributed by atoms with Gasteiger partial charge in [0.05, 0.1) is 24.6 Å². The first-order valence-corrected chi connectivity index (χ1v) is 7.40. The Morgan fingerprint density at radius 1 is 1.45 bits per heavy atom. The van der Waals surface area contributed by atoms with E-state index in [4.69, 9.17) is 4.74 Å². The number of aliphatic hydroxyl groups excluding tert-OH is 1. The zero-order valence-corrected chi connectivity index (χ0v) is 12.6. The fraction of sp³-hybridized carbons (Fsp3) is 0.733. The molecule has 2 atom stereocenters. The van der Waals surface area contributed by atoms with Crippen molar-refractivity contribution in [1.82, 2.24) is 9.97 Å². The second-order valence-electron chi connectivity index (χ2n) is 6.18. The summed E-state index contributed by atoms with van der Waals surface area (Å²) in [5.74, 6) is 1.22. The lowest BCUT2D eigenvalue weighted by molar-refractivity contribution is 0.00957. The molecule has 0 bridgehead atoms. The molecule has 1 fully saturated rings. The molecular weight excluding hydrogens is 254 g/mol. The summed E-state index contributed by atoms with van der Waals surface area (Å²) >= 11 is 0. The van der Waals surface area contributed by atoms with E-state index in [1.807, 2.05) is 13.8 Å². The lowest BCUT2D eigenvalue weighted by Crippen LogP contribution is -2.41. The smallest absolute Gasteiger partial charge is 0.234 e. The second kappa shape index (κ2) is 6.39. The minimum absolute atomic E-state index is 0.0808. The Kier molecular flexibility index (Phi) is 4.81. The fourth-order valence-electron chi connectivity index (χ4n) is 2.61. The molecule has 0 aliphatic heterocycles. The van der Waals surface area contributed by atoms with E-state index in [1.54, 1.807) is 12.4 Å². The van der Waals surface area contributed by atoms with Crippen LogP contribution >= 0.6 is 0 Å². The summed E-state index contributed by atoms with van der Waals surface area (Å²) < 4.78 is 5.53. The van der Waals surface area contributed by atoms with Gasteiger partial charge in [-0.3, -0.25) is 4.98 Å². The molecule has 0 radical (unpaired) electrons. The quantitative estimate of drug-likeness (QED) is 0.867. The first-order chi connectivity index (χ1) is 9.49. The average molecular weight is 279 g/mol. The zero-order valence-electron chi connectivity index (χ0n) is 12.6. The van der Waals surface area contributed by atoms with Gasteiger partial charge < -0.3 is 15.2 Å². The zero-order chi connectivity index (χ0) is 14.6. The minimum atomic E-state index is -0.244. The van der Waals surface area contributed by atoms with Gasteiger partial charge in [-0.1, -0.05) is 19.8 Å². The van der Waals surface area contributed by atoms with Crippen LogP contribution in [0.25, 0.3) is 0 Å². The maximum Gasteiger partial charge on any atom is 0.234 e. The van der Waals surface area contributed by atoms with Gasteiger partial charge in [0.15, 0.2) is 0 Å². The number of anilines is 1. The van der Waals surface area contributed by atoms with Gasteiger partial charge in [-0.15, -0.1) is 0 Å². The third-order valence-corrected chi connectivity index (χ3v) is 3.92. The van der Waals surface area contributed by atoms with Crippen molar-refractivity contribution in [2.75, 3.05) is 11.9 Å². The highest BCUT2D eigenvalue weighted by Crippen LogP contribution is 2.36. The Bertz CT molecular complexity index is 439. The fourth-order valence-corrected chi connectivity index (χ4v) is 2.61. The monoisotopic (exact) mass is 279 g/mol. The number of ether oxygens (including phenoxy) is 1. The van der Waals surface area contributed by atoms with Gasteiger partial charge in [0.2, 0.25) is 5.88 Å². The Morgan fingerprint density at radius 3 is 2.95 bits per heavy atom. The van der Waals surface area contributed by atoms with Gasteiger partial charge in [-0.05, 0) is 26.7 Å². The second-order valence-corrected chi connectivity index (χ2v) is 6.18. The van der Waals surface area contributed by atoms with Crippen molar-refractivity contribution in [1.29, 1.82) is 0 Å². The van der Waals surface area contributed by atoms with Crippen LogP contribution in [0.1, 0.15) is 46.5 Å². The molecule has 2 N–H and O–H groups in total. The summed E-state index contributed by atoms with van der Waals surface area (Å²) in [5.41, 5.74) is -0.0885. The summed E-state index contributed by atoms with van der Waals surface area (Å²) in [7, 11) is 0. The summed E-state index contributed by atoms with van der Waals surface area (Å²) in [4.78, 5) is 8.51. The lowest BCUT2D eigenvalue weighted by atomic mass is 9.73. The van der Waals surface area contributed by atoms with Gasteiger partial charge in [-0.2, -0.15) is 4.98 Å². The highest BCUT2D eigenvalue weighted by Gasteiger charge is 2.35. The Labute approximate surface area is 120 Å². The van der Waals surface area contributed by atoms with Crippen LogP contribution in [0.2, 0.25) is 0 Å². The number of aliphatic hydroxyl groups is 1. The molecule has 112 valence electrons. The predicted octanol–water partition coefficient (Wildman–Crippen LogP) is 2.62. The topological polar surface area (TPSA) is 67.3 Å². The summed E-state index contributed by atoms with van der Waals surface area (Å²) in [6.45, 7) is 6.75. The number of rotatable bonds is 5. The first-order valence-electron chi connectivity index (χ1n) is 7.40. The number of nitrogens with zero attached hydrogens (tertiary/aromatic N) is 2. The van der Waals surface area contributed by atoms with Crippen molar-refractivity contribution >= 4 is 5.82 Å². The predicted molar refractivity (Wildman–Crippen MR) is 78.9 cm³/mol. The normalized spacial score (nSPS) is 26.6. The molecule has 20 heavy (non-hydrogen) atoms. The van der Waals surface area contributed by atoms with Crippen LogP contribution in [0.5, 0.6) is 5.88 Å². The van der Waals surface area contributed by atoms with Gasteiger partial charge in [0, 0.05) is 12.0 Å². The largest absolute Gasteiger partial charge is 0.474 e. The molecule has 1 aromatic heterocycles. The maximum atomic E-state index is 10.2. The Morgan fingerprint density at radius 2 is 2.25 bits per heavy atom. The molecule has 1 heterocycles. The molecule has 1 aliphatic rings. The third-order valence-electron chi connectivity index (χ3n) is 3.92. The van der Waals surface area contributed by atoms with Crippen LogP contribution in [0.4, 0.5) is 5.82 Å². The highest BCUT2D eigenvalue weighted by atomic mass is 16.5. The van der Waals surface area contributed by atoms with Crippen LogP contribution in [-0.2, 0) is 0 Å². The molecule has 1 saturated carbocycles. The number of hydrogen-bond donors (Lipinski definition) is 2. The number of hydrogen-bond acceptors (Lipinski definition) is 5. The van der Waals surface area contributed by atoms with E-state index in [-0.39, 0.29) is 17.6 Å². The molecule has 0 spiro atoms. The number of nitrogens with one attached hydrogen (secondary N) is 1. The Balaban J connectivity index is 1.96. The summed E-state index contributed by atoms with van der Waals surface area (Å²) in [6.07, 6.45) is 7.36. The highest BCUT2D eigenvalue weighted by molar-refractivity contribution is 5.33. The lowest BCUT2D eigenvalue weighted by Gasteiger charge is -2.38. The van der Waals surface area contributed by atoms with E-state index >= 15 is 0 Å². The van der Waals surface area contributed by atoms with Crippen molar-refractivity contribution in [3.63, 3.8) is 0 Å². The van der Waals surface area contributed by atoms with Crippen LogP contribution in [0.3, 0.4) is 0 Å². The van der Waals surface area contributed by atoms with Crippen LogP contribution in [-0.4, -0.2) is 33.8 Å². The van der Waals surface area contributed by atoms with E-state index in [1.165, 1.54) is 6.42 Å². The third kappa shape index (κ3) is 3.82. The molecule has 2 rings (SSSR count). The van der Waals surface area contributed by atoms with Crippen LogP contribution in [0, 0.1) is 5.41 Å². The van der Waals surface area contributed by atoms with E-state index < -0.39 is 0 Å². The molecule has 0 aromatic carbocycles. The van der Waals surface area contributed by atoms with Crippen molar-refractivity contribution in [3.05, 3.63) is 12.4 Å².